The van der Waals surface area contributed by atoms with Gasteiger partial charge in [-0.25, -0.2) is 22.0 Å². The van der Waals surface area contributed by atoms with Crippen molar-refractivity contribution in [3.05, 3.63) is 58.4 Å². The Balaban J connectivity index is 1.97. The highest BCUT2D eigenvalue weighted by Gasteiger charge is 2.37. The summed E-state index contributed by atoms with van der Waals surface area (Å²) in [5.41, 5.74) is -1.00. The van der Waals surface area contributed by atoms with Crippen LogP contribution in [0, 0.1) is 29.1 Å². The van der Waals surface area contributed by atoms with Crippen molar-refractivity contribution in [3.8, 4) is 11.5 Å². The lowest BCUT2D eigenvalue weighted by atomic mass is 10.1. The lowest BCUT2D eigenvalue weighted by Gasteiger charge is -2.15. The molecular weight excluding hydrogens is 447 g/mol. The summed E-state index contributed by atoms with van der Waals surface area (Å²) >= 11 is 0. The summed E-state index contributed by atoms with van der Waals surface area (Å²) < 4.78 is 80.2. The predicted molar refractivity (Wildman–Crippen MR) is 113 cm³/mol. The highest BCUT2D eigenvalue weighted by atomic mass is 19.2. The smallest absolute Gasteiger partial charge is 0.280 e. The van der Waals surface area contributed by atoms with Gasteiger partial charge in [0.2, 0.25) is 5.82 Å². The average molecular weight is 468 g/mol. The Hall–Kier alpha value is -3.43. The van der Waals surface area contributed by atoms with Crippen LogP contribution in [0.3, 0.4) is 0 Å². The molecule has 1 amide bonds. The summed E-state index contributed by atoms with van der Waals surface area (Å²) in [4.78, 5) is 12.8. The second-order valence-electron chi connectivity index (χ2n) is 7.12. The van der Waals surface area contributed by atoms with E-state index in [1.54, 1.807) is 25.1 Å². The van der Waals surface area contributed by atoms with Gasteiger partial charge in [-0.05, 0) is 44.0 Å². The first-order chi connectivity index (χ1) is 15.7. The van der Waals surface area contributed by atoms with Crippen LogP contribution in [0.25, 0.3) is 6.08 Å². The summed E-state index contributed by atoms with van der Waals surface area (Å²) in [6.07, 6.45) is 3.19. The maximum Gasteiger partial charge on any atom is 0.280 e. The minimum Gasteiger partial charge on any atom is -0.490 e. The maximum absolute atomic E-state index is 14.2. The number of halogens is 5. The van der Waals surface area contributed by atoms with Gasteiger partial charge in [-0.15, -0.1) is 0 Å². The van der Waals surface area contributed by atoms with Crippen molar-refractivity contribution in [3.63, 3.8) is 0 Å². The van der Waals surface area contributed by atoms with Gasteiger partial charge < -0.3 is 9.47 Å². The van der Waals surface area contributed by atoms with E-state index in [9.17, 15) is 26.7 Å². The summed E-state index contributed by atoms with van der Waals surface area (Å²) in [6, 6.07) is 4.90. The van der Waals surface area contributed by atoms with Crippen LogP contribution < -0.4 is 14.5 Å². The minimum atomic E-state index is -2.32. The third kappa shape index (κ3) is 4.69. The number of anilines is 1. The van der Waals surface area contributed by atoms with Gasteiger partial charge in [0, 0.05) is 0 Å². The average Bonchev–Trinajstić information content (AvgIpc) is 3.06. The molecule has 1 aliphatic rings. The van der Waals surface area contributed by atoms with Crippen molar-refractivity contribution in [2.75, 3.05) is 18.2 Å². The number of nitrogens with zero attached hydrogens (tertiary/aromatic N) is 2. The fourth-order valence-electron chi connectivity index (χ4n) is 3.11. The number of rotatable bonds is 8. The normalized spacial score (nSPS) is 14.8. The Morgan fingerprint density at radius 1 is 0.939 bits per heavy atom. The van der Waals surface area contributed by atoms with E-state index in [4.69, 9.17) is 9.47 Å². The number of ether oxygens (including phenoxy) is 2. The molecule has 3 rings (SSSR count). The molecular formula is C23H21F5N2O3. The van der Waals surface area contributed by atoms with E-state index in [1.165, 1.54) is 13.0 Å². The molecule has 1 aliphatic heterocycles. The highest BCUT2D eigenvalue weighted by molar-refractivity contribution is 6.32. The molecule has 0 N–H and O–H groups in total. The van der Waals surface area contributed by atoms with Gasteiger partial charge in [0.25, 0.3) is 5.91 Å². The zero-order valence-electron chi connectivity index (χ0n) is 18.1. The molecule has 0 saturated carbocycles. The van der Waals surface area contributed by atoms with Crippen LogP contribution in [0.1, 0.15) is 39.2 Å². The molecule has 0 saturated heterocycles. The first kappa shape index (κ1) is 24.2. The SMILES string of the molecule is CCCCOc1ccc(/C=C2/C(=O)N(c3c(F)c(F)c(F)c(F)c3F)N=C2C)cc1OCC. The topological polar surface area (TPSA) is 51.1 Å². The van der Waals surface area contributed by atoms with Crippen LogP contribution in [-0.4, -0.2) is 24.8 Å². The maximum atomic E-state index is 14.2. The van der Waals surface area contributed by atoms with Crippen molar-refractivity contribution in [2.24, 2.45) is 5.10 Å². The third-order valence-electron chi connectivity index (χ3n) is 4.80. The summed E-state index contributed by atoms with van der Waals surface area (Å²) in [5, 5.41) is 3.89. The van der Waals surface area contributed by atoms with E-state index >= 15 is 0 Å². The molecule has 0 fully saturated rings. The van der Waals surface area contributed by atoms with E-state index in [0.29, 0.717) is 30.3 Å². The summed E-state index contributed by atoms with van der Waals surface area (Å²) in [5.74, 6) is -11.0. The van der Waals surface area contributed by atoms with E-state index in [0.717, 1.165) is 12.8 Å². The van der Waals surface area contributed by atoms with Crippen LogP contribution in [0.5, 0.6) is 11.5 Å². The molecule has 0 spiro atoms. The molecule has 10 heteroatoms. The van der Waals surface area contributed by atoms with E-state index in [1.807, 2.05) is 6.92 Å². The third-order valence-corrected chi connectivity index (χ3v) is 4.80. The molecule has 0 atom stereocenters. The van der Waals surface area contributed by atoms with E-state index in [-0.39, 0.29) is 16.3 Å². The monoisotopic (exact) mass is 468 g/mol. The molecule has 2 aromatic rings. The second-order valence-corrected chi connectivity index (χ2v) is 7.12. The Morgan fingerprint density at radius 2 is 1.58 bits per heavy atom. The molecule has 0 unspecified atom stereocenters. The number of unbranched alkanes of at least 4 members (excludes halogenated alkanes) is 1. The molecule has 5 nitrogen and oxygen atoms in total. The van der Waals surface area contributed by atoms with Crippen molar-refractivity contribution in [1.29, 1.82) is 0 Å². The van der Waals surface area contributed by atoms with Crippen molar-refractivity contribution < 1.29 is 36.2 Å². The van der Waals surface area contributed by atoms with Crippen LogP contribution in [0.4, 0.5) is 27.6 Å². The Bertz CT molecular complexity index is 1120. The van der Waals surface area contributed by atoms with Gasteiger partial charge in [0.1, 0.15) is 5.69 Å². The first-order valence-corrected chi connectivity index (χ1v) is 10.2. The number of amides is 1. The second kappa shape index (κ2) is 10.0. The Kier molecular flexibility index (Phi) is 7.35. The first-order valence-electron chi connectivity index (χ1n) is 10.2. The summed E-state index contributed by atoms with van der Waals surface area (Å²) in [6.45, 7) is 6.05. The molecule has 0 radical (unpaired) electrons. The zero-order valence-corrected chi connectivity index (χ0v) is 18.1. The van der Waals surface area contributed by atoms with E-state index < -0.39 is 40.7 Å². The highest BCUT2D eigenvalue weighted by Crippen LogP contribution is 2.35. The summed E-state index contributed by atoms with van der Waals surface area (Å²) in [7, 11) is 0. The zero-order chi connectivity index (χ0) is 24.3. The number of hydrazone groups is 1. The number of carbonyl (C=O) groups is 1. The Morgan fingerprint density at radius 3 is 2.18 bits per heavy atom. The van der Waals surface area contributed by atoms with Crippen LogP contribution >= 0.6 is 0 Å². The fourth-order valence-corrected chi connectivity index (χ4v) is 3.11. The number of hydrogen-bond acceptors (Lipinski definition) is 4. The number of benzene rings is 2. The fraction of sp³-hybridized carbons (Fsp3) is 0.304. The van der Waals surface area contributed by atoms with Crippen LogP contribution in [-0.2, 0) is 4.79 Å². The number of carbonyl (C=O) groups excluding carboxylic acids is 1. The largest absolute Gasteiger partial charge is 0.490 e. The minimum absolute atomic E-state index is 0.0326. The van der Waals surface area contributed by atoms with Gasteiger partial charge in [0.15, 0.2) is 34.8 Å². The lowest BCUT2D eigenvalue weighted by Crippen LogP contribution is -2.25. The molecule has 0 bridgehead atoms. The lowest BCUT2D eigenvalue weighted by molar-refractivity contribution is -0.114. The quantitative estimate of drug-likeness (QED) is 0.163. The van der Waals surface area contributed by atoms with Crippen molar-refractivity contribution in [2.45, 2.75) is 33.6 Å². The molecule has 176 valence electrons. The molecule has 1 heterocycles. The number of hydrogen-bond donors (Lipinski definition) is 0. The molecule has 33 heavy (non-hydrogen) atoms. The van der Waals surface area contributed by atoms with Crippen molar-refractivity contribution in [1.82, 2.24) is 0 Å². The van der Waals surface area contributed by atoms with Crippen LogP contribution in [0.2, 0.25) is 0 Å². The van der Waals surface area contributed by atoms with Gasteiger partial charge in [-0.2, -0.15) is 10.1 Å². The standard InChI is InChI=1S/C23H21F5N2O3/c1-4-6-9-33-15-8-7-13(11-16(15)32-5-2)10-14-12(3)29-30(23(14)31)22-20(27)18(25)17(24)19(26)21(22)28/h7-8,10-11H,4-6,9H2,1-3H3/b14-10+. The predicted octanol–water partition coefficient (Wildman–Crippen LogP) is 5.77. The van der Waals surface area contributed by atoms with Gasteiger partial charge >= 0.3 is 0 Å². The van der Waals surface area contributed by atoms with Gasteiger partial charge in [0.05, 0.1) is 24.5 Å². The van der Waals surface area contributed by atoms with Gasteiger partial charge in [-0.1, -0.05) is 19.4 Å². The molecule has 2 aromatic carbocycles. The Labute approximate surface area is 187 Å². The van der Waals surface area contributed by atoms with Gasteiger partial charge in [-0.3, -0.25) is 4.79 Å². The van der Waals surface area contributed by atoms with Crippen molar-refractivity contribution >= 4 is 23.4 Å². The molecule has 0 aliphatic carbocycles. The molecule has 0 aromatic heterocycles. The van der Waals surface area contributed by atoms with E-state index in [2.05, 4.69) is 5.10 Å². The van der Waals surface area contributed by atoms with Crippen LogP contribution in [0.15, 0.2) is 28.9 Å².